The molecule has 0 atom stereocenters. The maximum absolute atomic E-state index is 11.9. The van der Waals surface area contributed by atoms with Crippen LogP contribution in [0.2, 0.25) is 0 Å². The molecule has 2 aromatic rings. The molecule has 7 heteroatoms. The highest BCUT2D eigenvalue weighted by molar-refractivity contribution is 5.94. The number of hydrogen-bond acceptors (Lipinski definition) is 5. The highest BCUT2D eigenvalue weighted by atomic mass is 16.5. The molecule has 0 aliphatic rings. The number of nitrogens with one attached hydrogen (secondary N) is 2. The first-order valence-electron chi connectivity index (χ1n) is 6.49. The Labute approximate surface area is 121 Å². The molecule has 0 aliphatic heterocycles. The van der Waals surface area contributed by atoms with E-state index >= 15 is 0 Å². The van der Waals surface area contributed by atoms with Crippen molar-refractivity contribution >= 4 is 11.8 Å². The Bertz CT molecular complexity index is 634. The van der Waals surface area contributed by atoms with E-state index in [-0.39, 0.29) is 11.8 Å². The maximum atomic E-state index is 11.9. The molecule has 0 aliphatic carbocycles. The summed E-state index contributed by atoms with van der Waals surface area (Å²) in [6, 6.07) is 6.86. The van der Waals surface area contributed by atoms with Crippen molar-refractivity contribution in [2.75, 3.05) is 13.1 Å². The van der Waals surface area contributed by atoms with Crippen molar-refractivity contribution in [2.24, 2.45) is 0 Å². The van der Waals surface area contributed by atoms with Gasteiger partial charge in [-0.2, -0.15) is 4.98 Å². The quantitative estimate of drug-likeness (QED) is 0.797. The van der Waals surface area contributed by atoms with Crippen molar-refractivity contribution in [3.05, 3.63) is 35.7 Å². The molecule has 0 saturated carbocycles. The van der Waals surface area contributed by atoms with Gasteiger partial charge < -0.3 is 15.2 Å². The van der Waals surface area contributed by atoms with Crippen LogP contribution in [-0.4, -0.2) is 35.0 Å². The van der Waals surface area contributed by atoms with E-state index in [1.807, 2.05) is 0 Å². The van der Waals surface area contributed by atoms with Crippen LogP contribution in [0.15, 0.2) is 28.8 Å². The molecule has 1 aromatic carbocycles. The van der Waals surface area contributed by atoms with E-state index in [0.29, 0.717) is 30.4 Å². The van der Waals surface area contributed by atoms with Gasteiger partial charge in [0.15, 0.2) is 5.82 Å². The lowest BCUT2D eigenvalue weighted by Gasteiger charge is -2.06. The minimum absolute atomic E-state index is 0.122. The average Bonchev–Trinajstić information content (AvgIpc) is 2.90. The second-order valence-electron chi connectivity index (χ2n) is 4.46. The average molecular weight is 288 g/mol. The first kappa shape index (κ1) is 14.7. The SMILES string of the molecule is CC(=O)NCCNC(=O)c1ccc(-c2nc(C)no2)cc1. The number of hydrogen-bond donors (Lipinski definition) is 2. The topological polar surface area (TPSA) is 97.1 Å². The van der Waals surface area contributed by atoms with Gasteiger partial charge in [-0.05, 0) is 31.2 Å². The van der Waals surface area contributed by atoms with Gasteiger partial charge in [0.2, 0.25) is 5.91 Å². The lowest BCUT2D eigenvalue weighted by atomic mass is 10.1. The van der Waals surface area contributed by atoms with Crippen LogP contribution in [0.4, 0.5) is 0 Å². The predicted molar refractivity (Wildman–Crippen MR) is 75.5 cm³/mol. The number of carbonyl (C=O) groups excluding carboxylic acids is 2. The molecule has 0 fully saturated rings. The molecule has 0 saturated heterocycles. The Hall–Kier alpha value is -2.70. The maximum Gasteiger partial charge on any atom is 0.257 e. The van der Waals surface area contributed by atoms with Gasteiger partial charge in [0.05, 0.1) is 0 Å². The predicted octanol–water partition coefficient (Wildman–Crippen LogP) is 0.911. The molecular weight excluding hydrogens is 272 g/mol. The molecule has 2 rings (SSSR count). The van der Waals surface area contributed by atoms with E-state index in [0.717, 1.165) is 5.56 Å². The smallest absolute Gasteiger partial charge is 0.257 e. The molecule has 110 valence electrons. The molecule has 1 heterocycles. The number of amides is 2. The van der Waals surface area contributed by atoms with Crippen molar-refractivity contribution in [1.29, 1.82) is 0 Å². The number of carbonyl (C=O) groups is 2. The van der Waals surface area contributed by atoms with Gasteiger partial charge in [-0.1, -0.05) is 5.16 Å². The molecular formula is C14H16N4O3. The van der Waals surface area contributed by atoms with E-state index in [1.54, 1.807) is 31.2 Å². The van der Waals surface area contributed by atoms with Gasteiger partial charge in [-0.3, -0.25) is 9.59 Å². The Morgan fingerprint density at radius 1 is 1.14 bits per heavy atom. The lowest BCUT2D eigenvalue weighted by Crippen LogP contribution is -2.33. The highest BCUT2D eigenvalue weighted by Crippen LogP contribution is 2.17. The fourth-order valence-corrected chi connectivity index (χ4v) is 1.70. The van der Waals surface area contributed by atoms with Gasteiger partial charge >= 0.3 is 0 Å². The van der Waals surface area contributed by atoms with Crippen LogP contribution < -0.4 is 10.6 Å². The molecule has 21 heavy (non-hydrogen) atoms. The summed E-state index contributed by atoms with van der Waals surface area (Å²) in [4.78, 5) is 26.7. The lowest BCUT2D eigenvalue weighted by molar-refractivity contribution is -0.118. The Morgan fingerprint density at radius 2 is 1.81 bits per heavy atom. The third kappa shape index (κ3) is 4.13. The van der Waals surface area contributed by atoms with Gasteiger partial charge in [0.25, 0.3) is 11.8 Å². The molecule has 0 spiro atoms. The zero-order chi connectivity index (χ0) is 15.2. The fraction of sp³-hybridized carbons (Fsp3) is 0.286. The zero-order valence-electron chi connectivity index (χ0n) is 11.8. The highest BCUT2D eigenvalue weighted by Gasteiger charge is 2.08. The number of rotatable bonds is 5. The zero-order valence-corrected chi connectivity index (χ0v) is 11.8. The van der Waals surface area contributed by atoms with Crippen LogP contribution in [0.3, 0.4) is 0 Å². The molecule has 2 amide bonds. The standard InChI is InChI=1S/C14H16N4O3/c1-9-17-14(21-18-9)12-5-3-11(4-6-12)13(20)16-8-7-15-10(2)19/h3-6H,7-8H2,1-2H3,(H,15,19)(H,16,20). The van der Waals surface area contributed by atoms with Crippen molar-refractivity contribution in [3.63, 3.8) is 0 Å². The number of aryl methyl sites for hydroxylation is 1. The Morgan fingerprint density at radius 3 is 2.38 bits per heavy atom. The number of aromatic nitrogens is 2. The van der Waals surface area contributed by atoms with Gasteiger partial charge in [0, 0.05) is 31.1 Å². The molecule has 7 nitrogen and oxygen atoms in total. The second-order valence-corrected chi connectivity index (χ2v) is 4.46. The molecule has 0 bridgehead atoms. The minimum atomic E-state index is -0.200. The number of nitrogens with zero attached hydrogens (tertiary/aromatic N) is 2. The van der Waals surface area contributed by atoms with Crippen LogP contribution in [0, 0.1) is 6.92 Å². The molecule has 0 unspecified atom stereocenters. The van der Waals surface area contributed by atoms with Crippen LogP contribution >= 0.6 is 0 Å². The Kier molecular flexibility index (Phi) is 4.65. The second kappa shape index (κ2) is 6.65. The van der Waals surface area contributed by atoms with E-state index in [4.69, 9.17) is 4.52 Å². The van der Waals surface area contributed by atoms with Crippen molar-refractivity contribution in [1.82, 2.24) is 20.8 Å². The summed E-state index contributed by atoms with van der Waals surface area (Å²) in [5.74, 6) is 0.659. The minimum Gasteiger partial charge on any atom is -0.355 e. The summed E-state index contributed by atoms with van der Waals surface area (Å²) in [5.41, 5.74) is 1.28. The Balaban J connectivity index is 1.92. The summed E-state index contributed by atoms with van der Waals surface area (Å²) in [6.45, 7) is 3.95. The van der Waals surface area contributed by atoms with Crippen LogP contribution in [0.1, 0.15) is 23.1 Å². The molecule has 2 N–H and O–H groups in total. The van der Waals surface area contributed by atoms with E-state index in [1.165, 1.54) is 6.92 Å². The van der Waals surface area contributed by atoms with E-state index in [9.17, 15) is 9.59 Å². The fourth-order valence-electron chi connectivity index (χ4n) is 1.70. The van der Waals surface area contributed by atoms with Crippen molar-refractivity contribution < 1.29 is 14.1 Å². The van der Waals surface area contributed by atoms with Gasteiger partial charge in [-0.25, -0.2) is 0 Å². The number of benzene rings is 1. The van der Waals surface area contributed by atoms with E-state index < -0.39 is 0 Å². The first-order valence-corrected chi connectivity index (χ1v) is 6.49. The van der Waals surface area contributed by atoms with Crippen molar-refractivity contribution in [2.45, 2.75) is 13.8 Å². The summed E-state index contributed by atoms with van der Waals surface area (Å²) >= 11 is 0. The molecule has 1 aromatic heterocycles. The van der Waals surface area contributed by atoms with Crippen LogP contribution in [0.25, 0.3) is 11.5 Å². The largest absolute Gasteiger partial charge is 0.355 e. The van der Waals surface area contributed by atoms with E-state index in [2.05, 4.69) is 20.8 Å². The summed E-state index contributed by atoms with van der Waals surface area (Å²) < 4.78 is 5.05. The van der Waals surface area contributed by atoms with Gasteiger partial charge in [-0.15, -0.1) is 0 Å². The summed E-state index contributed by atoms with van der Waals surface area (Å²) in [6.07, 6.45) is 0. The molecule has 0 radical (unpaired) electrons. The summed E-state index contributed by atoms with van der Waals surface area (Å²) in [5, 5.41) is 9.03. The van der Waals surface area contributed by atoms with Crippen molar-refractivity contribution in [3.8, 4) is 11.5 Å². The van der Waals surface area contributed by atoms with Gasteiger partial charge in [0.1, 0.15) is 0 Å². The normalized spacial score (nSPS) is 10.2. The third-order valence-corrected chi connectivity index (χ3v) is 2.71. The monoisotopic (exact) mass is 288 g/mol. The first-order chi connectivity index (χ1) is 10.1. The third-order valence-electron chi connectivity index (χ3n) is 2.71. The summed E-state index contributed by atoms with van der Waals surface area (Å²) in [7, 11) is 0. The van der Waals surface area contributed by atoms with Crippen LogP contribution in [-0.2, 0) is 4.79 Å². The van der Waals surface area contributed by atoms with Crippen LogP contribution in [0.5, 0.6) is 0 Å².